The number of aromatic nitrogens is 3. The predicted molar refractivity (Wildman–Crippen MR) is 112 cm³/mol. The molecule has 1 aliphatic rings. The number of esters is 1. The second-order valence-electron chi connectivity index (χ2n) is 7.45. The number of hydrogen-bond donors (Lipinski definition) is 2. The maximum atomic E-state index is 11.7. The quantitative estimate of drug-likeness (QED) is 0.568. The van der Waals surface area contributed by atoms with Gasteiger partial charge in [0.1, 0.15) is 12.7 Å². The van der Waals surface area contributed by atoms with Crippen LogP contribution in [0.2, 0.25) is 0 Å². The van der Waals surface area contributed by atoms with Crippen molar-refractivity contribution in [2.75, 3.05) is 6.54 Å². The molecular formula is C23H23N5O3. The Morgan fingerprint density at radius 3 is 2.87 bits per heavy atom. The summed E-state index contributed by atoms with van der Waals surface area (Å²) in [6.45, 7) is 5.03. The molecule has 0 saturated heterocycles. The molecule has 1 aromatic carbocycles. The Kier molecular flexibility index (Phi) is 5.80. The Morgan fingerprint density at radius 2 is 2.19 bits per heavy atom. The minimum atomic E-state index is -0.700. The van der Waals surface area contributed by atoms with Crippen LogP contribution in [0.1, 0.15) is 56.9 Å². The lowest BCUT2D eigenvalue weighted by Gasteiger charge is -2.16. The molecule has 1 aliphatic heterocycles. The molecule has 3 aromatic rings. The van der Waals surface area contributed by atoms with Crippen molar-refractivity contribution in [1.82, 2.24) is 20.1 Å². The fraction of sp³-hybridized carbons (Fsp3) is 0.304. The average Bonchev–Trinajstić information content (AvgIpc) is 3.38. The van der Waals surface area contributed by atoms with Crippen LogP contribution in [0.5, 0.6) is 0 Å². The molecule has 3 heterocycles. The molecule has 0 aliphatic carbocycles. The van der Waals surface area contributed by atoms with E-state index in [1.807, 2.05) is 26.0 Å². The molecule has 2 aromatic heterocycles. The Hall–Kier alpha value is -3.54. The first kappa shape index (κ1) is 20.7. The van der Waals surface area contributed by atoms with Crippen LogP contribution in [0, 0.1) is 18.3 Å². The van der Waals surface area contributed by atoms with Gasteiger partial charge in [-0.15, -0.1) is 0 Å². The molecule has 0 saturated carbocycles. The van der Waals surface area contributed by atoms with Crippen LogP contribution in [-0.2, 0) is 24.3 Å². The van der Waals surface area contributed by atoms with Crippen molar-refractivity contribution in [2.45, 2.75) is 39.5 Å². The van der Waals surface area contributed by atoms with Gasteiger partial charge in [-0.05, 0) is 42.2 Å². The molecule has 0 bridgehead atoms. The monoisotopic (exact) mass is 417 g/mol. The summed E-state index contributed by atoms with van der Waals surface area (Å²) in [5, 5.41) is 27.4. The normalized spacial score (nSPS) is 13.5. The standard InChI is InChI=1S/C23H23N5O3/c1-3-20-16(8-24)12-28(27-20)22-7-4-15(10-26-22)9-25-11-21(29)17-5-6-18-19(14(17)2)13-31-23(18)30/h4-7,10,12,21,25,29H,3,9,11,13H2,1-2H3/t21-/m0/s1. The van der Waals surface area contributed by atoms with Gasteiger partial charge >= 0.3 is 5.97 Å². The SMILES string of the molecule is CCc1nn(-c2ccc(CNC[C@H](O)c3ccc4c(c3C)COC4=O)cn2)cc1C#N. The van der Waals surface area contributed by atoms with E-state index in [2.05, 4.69) is 21.5 Å². The summed E-state index contributed by atoms with van der Waals surface area (Å²) < 4.78 is 6.69. The van der Waals surface area contributed by atoms with Gasteiger partial charge in [-0.3, -0.25) is 0 Å². The lowest BCUT2D eigenvalue weighted by molar-refractivity contribution is 0.0535. The Labute approximate surface area is 180 Å². The Balaban J connectivity index is 1.37. The summed E-state index contributed by atoms with van der Waals surface area (Å²) >= 11 is 0. The van der Waals surface area contributed by atoms with Gasteiger partial charge in [0.2, 0.25) is 0 Å². The molecule has 0 fully saturated rings. The van der Waals surface area contributed by atoms with Crippen molar-refractivity contribution in [2.24, 2.45) is 0 Å². The largest absolute Gasteiger partial charge is 0.457 e. The smallest absolute Gasteiger partial charge is 0.338 e. The summed E-state index contributed by atoms with van der Waals surface area (Å²) in [4.78, 5) is 16.1. The van der Waals surface area contributed by atoms with Crippen LogP contribution in [0.25, 0.3) is 5.82 Å². The van der Waals surface area contributed by atoms with E-state index in [1.165, 1.54) is 0 Å². The lowest BCUT2D eigenvalue weighted by Crippen LogP contribution is -2.22. The van der Waals surface area contributed by atoms with Gasteiger partial charge < -0.3 is 15.2 Å². The number of pyridine rings is 1. The van der Waals surface area contributed by atoms with E-state index in [9.17, 15) is 15.2 Å². The topological polar surface area (TPSA) is 113 Å². The van der Waals surface area contributed by atoms with Gasteiger partial charge in [0.05, 0.1) is 29.1 Å². The third-order valence-electron chi connectivity index (χ3n) is 5.52. The molecule has 2 N–H and O–H groups in total. The minimum absolute atomic E-state index is 0.262. The van der Waals surface area contributed by atoms with E-state index in [1.54, 1.807) is 29.2 Å². The highest BCUT2D eigenvalue weighted by Crippen LogP contribution is 2.28. The molecule has 8 nitrogen and oxygen atoms in total. The highest BCUT2D eigenvalue weighted by molar-refractivity contribution is 5.93. The molecule has 4 rings (SSSR count). The zero-order chi connectivity index (χ0) is 22.0. The number of aliphatic hydroxyl groups excluding tert-OH is 1. The second kappa shape index (κ2) is 8.68. The fourth-order valence-electron chi connectivity index (χ4n) is 3.73. The van der Waals surface area contributed by atoms with Crippen molar-refractivity contribution in [1.29, 1.82) is 5.26 Å². The molecular weight excluding hydrogens is 394 g/mol. The first-order valence-electron chi connectivity index (χ1n) is 10.1. The first-order chi connectivity index (χ1) is 15.0. The number of rotatable bonds is 7. The maximum Gasteiger partial charge on any atom is 0.338 e. The number of carbonyl (C=O) groups is 1. The summed E-state index contributed by atoms with van der Waals surface area (Å²) in [6, 6.07) is 9.44. The number of nitrogens with zero attached hydrogens (tertiary/aromatic N) is 4. The summed E-state index contributed by atoms with van der Waals surface area (Å²) in [5.41, 5.74) is 5.39. The average molecular weight is 417 g/mol. The number of fused-ring (bicyclic) bond motifs is 1. The number of cyclic esters (lactones) is 1. The first-order valence-corrected chi connectivity index (χ1v) is 10.1. The summed E-state index contributed by atoms with van der Waals surface area (Å²) in [5.74, 6) is 0.337. The van der Waals surface area contributed by atoms with Crippen LogP contribution in [-0.4, -0.2) is 32.4 Å². The fourth-order valence-corrected chi connectivity index (χ4v) is 3.73. The van der Waals surface area contributed by atoms with Gasteiger partial charge in [-0.2, -0.15) is 10.4 Å². The maximum absolute atomic E-state index is 11.7. The number of aryl methyl sites for hydroxylation is 1. The molecule has 0 radical (unpaired) electrons. The van der Waals surface area contributed by atoms with Gasteiger partial charge in [-0.25, -0.2) is 14.5 Å². The number of benzene rings is 1. The highest BCUT2D eigenvalue weighted by atomic mass is 16.5. The van der Waals surface area contributed by atoms with Crippen LogP contribution >= 0.6 is 0 Å². The highest BCUT2D eigenvalue weighted by Gasteiger charge is 2.25. The molecule has 0 amide bonds. The van der Waals surface area contributed by atoms with E-state index in [0.29, 0.717) is 36.5 Å². The lowest BCUT2D eigenvalue weighted by atomic mass is 9.95. The number of nitrogens with one attached hydrogen (secondary N) is 1. The third kappa shape index (κ3) is 4.06. The summed E-state index contributed by atoms with van der Waals surface area (Å²) in [7, 11) is 0. The van der Waals surface area contributed by atoms with Gasteiger partial charge in [0.25, 0.3) is 0 Å². The van der Waals surface area contributed by atoms with E-state index in [-0.39, 0.29) is 12.6 Å². The molecule has 0 spiro atoms. The molecule has 8 heteroatoms. The summed E-state index contributed by atoms with van der Waals surface area (Å²) in [6.07, 6.45) is 3.42. The van der Waals surface area contributed by atoms with Gasteiger partial charge in [0.15, 0.2) is 5.82 Å². The van der Waals surface area contributed by atoms with Crippen molar-refractivity contribution in [3.63, 3.8) is 0 Å². The number of aliphatic hydroxyl groups is 1. The van der Waals surface area contributed by atoms with Crippen molar-refractivity contribution in [3.05, 3.63) is 75.7 Å². The number of hydrogen-bond acceptors (Lipinski definition) is 7. The minimum Gasteiger partial charge on any atom is -0.457 e. The Bertz CT molecular complexity index is 1160. The van der Waals surface area contributed by atoms with Crippen molar-refractivity contribution in [3.8, 4) is 11.9 Å². The number of ether oxygens (including phenoxy) is 1. The van der Waals surface area contributed by atoms with Crippen LogP contribution in [0.3, 0.4) is 0 Å². The van der Waals surface area contributed by atoms with Crippen LogP contribution < -0.4 is 5.32 Å². The molecule has 31 heavy (non-hydrogen) atoms. The van der Waals surface area contributed by atoms with E-state index in [4.69, 9.17) is 4.74 Å². The van der Waals surface area contributed by atoms with E-state index in [0.717, 1.165) is 27.9 Å². The van der Waals surface area contributed by atoms with Gasteiger partial charge in [0, 0.05) is 24.8 Å². The number of carbonyl (C=O) groups excluding carboxylic acids is 1. The van der Waals surface area contributed by atoms with E-state index >= 15 is 0 Å². The molecule has 1 atom stereocenters. The number of nitriles is 1. The Morgan fingerprint density at radius 1 is 1.35 bits per heavy atom. The molecule has 158 valence electrons. The van der Waals surface area contributed by atoms with Gasteiger partial charge in [-0.1, -0.05) is 19.1 Å². The second-order valence-corrected chi connectivity index (χ2v) is 7.45. The zero-order valence-corrected chi connectivity index (χ0v) is 17.4. The molecule has 0 unspecified atom stereocenters. The van der Waals surface area contributed by atoms with Crippen LogP contribution in [0.15, 0.2) is 36.7 Å². The third-order valence-corrected chi connectivity index (χ3v) is 5.52. The predicted octanol–water partition coefficient (Wildman–Crippen LogP) is 2.50. The van der Waals surface area contributed by atoms with E-state index < -0.39 is 6.10 Å². The van der Waals surface area contributed by atoms with Crippen LogP contribution in [0.4, 0.5) is 0 Å². The van der Waals surface area contributed by atoms with Crippen molar-refractivity contribution < 1.29 is 14.6 Å². The zero-order valence-electron chi connectivity index (χ0n) is 17.4. The van der Waals surface area contributed by atoms with Crippen molar-refractivity contribution >= 4 is 5.97 Å².